The Kier molecular flexibility index (Phi) is 4.06. The maximum Gasteiger partial charge on any atom is 0.123 e. The predicted octanol–water partition coefficient (Wildman–Crippen LogP) is 3.49. The Hall–Kier alpha value is -1.02. The molecule has 1 heterocycles. The molecule has 2 nitrogen and oxygen atoms in total. The molecule has 0 amide bonds. The second kappa shape index (κ2) is 5.54. The molecule has 17 heavy (non-hydrogen) atoms. The standard InChI is InChI=1S/C15H23NO/c1-12(2)11-16-10-6-8-14(16)13-7-4-5-9-15(13)17-3/h4-5,7,9,12,14H,6,8,10-11H2,1-3H3. The molecule has 1 aromatic rings. The summed E-state index contributed by atoms with van der Waals surface area (Å²) in [5.41, 5.74) is 1.35. The molecule has 1 fully saturated rings. The number of hydrogen-bond acceptors (Lipinski definition) is 2. The highest BCUT2D eigenvalue weighted by Crippen LogP contribution is 2.36. The van der Waals surface area contributed by atoms with Gasteiger partial charge in [0.25, 0.3) is 0 Å². The number of methoxy groups -OCH3 is 1. The van der Waals surface area contributed by atoms with E-state index >= 15 is 0 Å². The quantitative estimate of drug-likeness (QED) is 0.789. The molecule has 0 radical (unpaired) electrons. The summed E-state index contributed by atoms with van der Waals surface area (Å²) in [6, 6.07) is 8.99. The van der Waals surface area contributed by atoms with Crippen LogP contribution in [0.2, 0.25) is 0 Å². The van der Waals surface area contributed by atoms with Gasteiger partial charge in [0.15, 0.2) is 0 Å². The van der Waals surface area contributed by atoms with E-state index in [0.717, 1.165) is 11.7 Å². The zero-order chi connectivity index (χ0) is 12.3. The topological polar surface area (TPSA) is 12.5 Å². The van der Waals surface area contributed by atoms with Gasteiger partial charge in [-0.2, -0.15) is 0 Å². The lowest BCUT2D eigenvalue weighted by molar-refractivity contribution is 0.224. The van der Waals surface area contributed by atoms with Gasteiger partial charge in [0.2, 0.25) is 0 Å². The van der Waals surface area contributed by atoms with Crippen LogP contribution < -0.4 is 4.74 Å². The molecule has 1 aromatic carbocycles. The summed E-state index contributed by atoms with van der Waals surface area (Å²) >= 11 is 0. The molecule has 0 bridgehead atoms. The number of para-hydroxylation sites is 1. The number of hydrogen-bond donors (Lipinski definition) is 0. The van der Waals surface area contributed by atoms with Crippen molar-refractivity contribution in [2.45, 2.75) is 32.7 Å². The maximum absolute atomic E-state index is 5.48. The minimum Gasteiger partial charge on any atom is -0.496 e. The van der Waals surface area contributed by atoms with E-state index in [2.05, 4.69) is 36.9 Å². The SMILES string of the molecule is COc1ccccc1C1CCCN1CC(C)C. The van der Waals surface area contributed by atoms with Crippen LogP contribution in [-0.4, -0.2) is 25.1 Å². The Balaban J connectivity index is 2.19. The monoisotopic (exact) mass is 233 g/mol. The Morgan fingerprint density at radius 3 is 2.82 bits per heavy atom. The van der Waals surface area contributed by atoms with Crippen molar-refractivity contribution in [2.24, 2.45) is 5.92 Å². The fraction of sp³-hybridized carbons (Fsp3) is 0.600. The summed E-state index contributed by atoms with van der Waals surface area (Å²) in [6.07, 6.45) is 2.56. The van der Waals surface area contributed by atoms with Gasteiger partial charge in [-0.3, -0.25) is 4.90 Å². The van der Waals surface area contributed by atoms with Crippen LogP contribution in [-0.2, 0) is 0 Å². The largest absolute Gasteiger partial charge is 0.496 e. The number of benzene rings is 1. The van der Waals surface area contributed by atoms with Crippen molar-refractivity contribution >= 4 is 0 Å². The fourth-order valence-corrected chi connectivity index (χ4v) is 2.81. The molecule has 1 unspecified atom stereocenters. The average Bonchev–Trinajstić information content (AvgIpc) is 2.76. The van der Waals surface area contributed by atoms with E-state index < -0.39 is 0 Å². The van der Waals surface area contributed by atoms with Gasteiger partial charge in [-0.05, 0) is 31.4 Å². The van der Waals surface area contributed by atoms with Crippen LogP contribution in [0.3, 0.4) is 0 Å². The van der Waals surface area contributed by atoms with Gasteiger partial charge < -0.3 is 4.74 Å². The van der Waals surface area contributed by atoms with Gasteiger partial charge in [0.1, 0.15) is 5.75 Å². The van der Waals surface area contributed by atoms with Crippen LogP contribution in [0.5, 0.6) is 5.75 Å². The highest BCUT2D eigenvalue weighted by atomic mass is 16.5. The van der Waals surface area contributed by atoms with Gasteiger partial charge in [0.05, 0.1) is 7.11 Å². The highest BCUT2D eigenvalue weighted by molar-refractivity contribution is 5.36. The maximum atomic E-state index is 5.48. The third kappa shape index (κ3) is 2.81. The van der Waals surface area contributed by atoms with Crippen molar-refractivity contribution in [2.75, 3.05) is 20.2 Å². The lowest BCUT2D eigenvalue weighted by Crippen LogP contribution is -2.27. The summed E-state index contributed by atoms with van der Waals surface area (Å²) in [4.78, 5) is 2.60. The van der Waals surface area contributed by atoms with Crippen LogP contribution in [0.4, 0.5) is 0 Å². The number of rotatable bonds is 4. The molecule has 94 valence electrons. The molecule has 0 saturated carbocycles. The van der Waals surface area contributed by atoms with E-state index in [4.69, 9.17) is 4.74 Å². The Morgan fingerprint density at radius 1 is 1.35 bits per heavy atom. The summed E-state index contributed by atoms with van der Waals surface area (Å²) in [5, 5.41) is 0. The van der Waals surface area contributed by atoms with Gasteiger partial charge >= 0.3 is 0 Å². The third-order valence-corrected chi connectivity index (χ3v) is 3.46. The molecule has 0 aromatic heterocycles. The van der Waals surface area contributed by atoms with E-state index in [1.807, 2.05) is 6.07 Å². The summed E-state index contributed by atoms with van der Waals surface area (Å²) in [5.74, 6) is 1.76. The van der Waals surface area contributed by atoms with E-state index in [0.29, 0.717) is 6.04 Å². The normalized spacial score (nSPS) is 21.1. The first-order valence-electron chi connectivity index (χ1n) is 6.59. The van der Waals surface area contributed by atoms with Crippen molar-refractivity contribution in [3.8, 4) is 5.75 Å². The minimum absolute atomic E-state index is 0.550. The molecular formula is C15H23NO. The first kappa shape index (κ1) is 12.4. The second-order valence-electron chi connectivity index (χ2n) is 5.29. The Labute approximate surface area is 105 Å². The molecule has 0 aliphatic carbocycles. The van der Waals surface area contributed by atoms with Crippen molar-refractivity contribution in [3.05, 3.63) is 29.8 Å². The average molecular weight is 233 g/mol. The first-order valence-corrected chi connectivity index (χ1v) is 6.59. The fourth-order valence-electron chi connectivity index (χ4n) is 2.81. The summed E-state index contributed by atoms with van der Waals surface area (Å²) in [7, 11) is 1.76. The van der Waals surface area contributed by atoms with Crippen LogP contribution in [0.25, 0.3) is 0 Å². The van der Waals surface area contributed by atoms with E-state index in [1.165, 1.54) is 31.5 Å². The third-order valence-electron chi connectivity index (χ3n) is 3.46. The number of ether oxygens (including phenoxy) is 1. The molecule has 0 spiro atoms. The summed E-state index contributed by atoms with van der Waals surface area (Å²) in [6.45, 7) is 6.98. The lowest BCUT2D eigenvalue weighted by Gasteiger charge is -2.27. The molecule has 1 aliphatic rings. The molecule has 0 N–H and O–H groups in total. The van der Waals surface area contributed by atoms with Crippen molar-refractivity contribution < 1.29 is 4.74 Å². The van der Waals surface area contributed by atoms with Crippen molar-refractivity contribution in [3.63, 3.8) is 0 Å². The number of nitrogens with zero attached hydrogens (tertiary/aromatic N) is 1. The van der Waals surface area contributed by atoms with Gasteiger partial charge in [0, 0.05) is 18.2 Å². The molecule has 1 saturated heterocycles. The smallest absolute Gasteiger partial charge is 0.123 e. The van der Waals surface area contributed by atoms with Gasteiger partial charge in [-0.15, -0.1) is 0 Å². The predicted molar refractivity (Wildman–Crippen MR) is 71.4 cm³/mol. The van der Waals surface area contributed by atoms with E-state index in [1.54, 1.807) is 7.11 Å². The Bertz CT molecular complexity index is 362. The molecule has 2 heteroatoms. The van der Waals surface area contributed by atoms with Crippen molar-refractivity contribution in [1.29, 1.82) is 0 Å². The van der Waals surface area contributed by atoms with Crippen LogP contribution in [0.1, 0.15) is 38.3 Å². The van der Waals surface area contributed by atoms with Crippen LogP contribution in [0, 0.1) is 5.92 Å². The lowest BCUT2D eigenvalue weighted by atomic mass is 10.0. The van der Waals surface area contributed by atoms with E-state index in [9.17, 15) is 0 Å². The molecular weight excluding hydrogens is 210 g/mol. The van der Waals surface area contributed by atoms with Crippen LogP contribution >= 0.6 is 0 Å². The Morgan fingerprint density at radius 2 is 2.12 bits per heavy atom. The highest BCUT2D eigenvalue weighted by Gasteiger charge is 2.28. The van der Waals surface area contributed by atoms with Crippen LogP contribution in [0.15, 0.2) is 24.3 Å². The zero-order valence-corrected chi connectivity index (χ0v) is 11.1. The van der Waals surface area contributed by atoms with Gasteiger partial charge in [-0.1, -0.05) is 32.0 Å². The van der Waals surface area contributed by atoms with Crippen molar-refractivity contribution in [1.82, 2.24) is 4.90 Å². The van der Waals surface area contributed by atoms with Gasteiger partial charge in [-0.25, -0.2) is 0 Å². The minimum atomic E-state index is 0.550. The first-order chi connectivity index (χ1) is 8.22. The molecule has 2 rings (SSSR count). The second-order valence-corrected chi connectivity index (χ2v) is 5.29. The number of likely N-dealkylation sites (tertiary alicyclic amines) is 1. The summed E-state index contributed by atoms with van der Waals surface area (Å²) < 4.78 is 5.48. The molecule has 1 aliphatic heterocycles. The zero-order valence-electron chi connectivity index (χ0n) is 11.1. The molecule has 1 atom stereocenters. The van der Waals surface area contributed by atoms with E-state index in [-0.39, 0.29) is 0 Å².